The predicted octanol–water partition coefficient (Wildman–Crippen LogP) is 4.08. The Hall–Kier alpha value is -1.83. The van der Waals surface area contributed by atoms with Crippen LogP contribution < -0.4 is 4.74 Å². The van der Waals surface area contributed by atoms with Crippen LogP contribution in [-0.2, 0) is 4.79 Å². The number of carbonyl (C=O) groups excluding carboxylic acids is 1. The zero-order valence-electron chi connectivity index (χ0n) is 11.2. The lowest BCUT2D eigenvalue weighted by atomic mass is 9.80. The van der Waals surface area contributed by atoms with Crippen LogP contribution in [0.2, 0.25) is 0 Å². The summed E-state index contributed by atoms with van der Waals surface area (Å²) < 4.78 is 5.50. The highest BCUT2D eigenvalue weighted by Crippen LogP contribution is 2.39. The van der Waals surface area contributed by atoms with Crippen LogP contribution in [0.5, 0.6) is 5.75 Å². The highest BCUT2D eigenvalue weighted by molar-refractivity contribution is 5.95. The molecule has 3 rings (SSSR count). The Labute approximate surface area is 113 Å². The lowest BCUT2D eigenvalue weighted by molar-refractivity contribution is -0.121. The topological polar surface area (TPSA) is 26.3 Å². The minimum Gasteiger partial charge on any atom is -0.496 e. The summed E-state index contributed by atoms with van der Waals surface area (Å²) in [7, 11) is 1.68. The third-order valence-electron chi connectivity index (χ3n) is 4.05. The average molecular weight is 254 g/mol. The van der Waals surface area contributed by atoms with Crippen molar-refractivity contribution in [2.75, 3.05) is 7.11 Å². The van der Waals surface area contributed by atoms with E-state index >= 15 is 0 Å². The number of ketones is 1. The van der Waals surface area contributed by atoms with Gasteiger partial charge in [0.25, 0.3) is 0 Å². The molecule has 2 nitrogen and oxygen atoms in total. The maximum atomic E-state index is 12.3. The maximum Gasteiger partial charge on any atom is 0.140 e. The number of ether oxygens (including phenoxy) is 1. The number of methoxy groups -OCH3 is 1. The summed E-state index contributed by atoms with van der Waals surface area (Å²) in [5.41, 5.74) is 1.09. The van der Waals surface area contributed by atoms with E-state index in [2.05, 4.69) is 18.2 Å². The normalized spacial score (nSPS) is 19.6. The van der Waals surface area contributed by atoms with Gasteiger partial charge in [0.05, 0.1) is 7.11 Å². The number of carbonyl (C=O) groups is 1. The second-order valence-corrected chi connectivity index (χ2v) is 5.17. The lowest BCUT2D eigenvalue weighted by Gasteiger charge is -2.24. The van der Waals surface area contributed by atoms with Gasteiger partial charge < -0.3 is 4.74 Å². The van der Waals surface area contributed by atoms with Crippen molar-refractivity contribution in [3.8, 4) is 5.75 Å². The second-order valence-electron chi connectivity index (χ2n) is 5.17. The largest absolute Gasteiger partial charge is 0.496 e. The van der Waals surface area contributed by atoms with Gasteiger partial charge in [-0.25, -0.2) is 0 Å². The van der Waals surface area contributed by atoms with Crippen molar-refractivity contribution in [2.24, 2.45) is 0 Å². The standard InChI is InChI=1S/C17H18O2/c1-19-16-11-10-12-6-2-3-7-13(12)17(16)14-8-4-5-9-15(14)18/h2-3,6-7,10-11,14H,4-5,8-9H2,1H3. The van der Waals surface area contributed by atoms with Crippen LogP contribution in [0.1, 0.15) is 37.2 Å². The first-order chi connectivity index (χ1) is 9.31. The molecule has 0 aliphatic heterocycles. The van der Waals surface area contributed by atoms with Crippen molar-refractivity contribution in [1.82, 2.24) is 0 Å². The van der Waals surface area contributed by atoms with Crippen LogP contribution in [-0.4, -0.2) is 12.9 Å². The molecule has 2 aromatic rings. The zero-order valence-corrected chi connectivity index (χ0v) is 11.2. The summed E-state index contributed by atoms with van der Waals surface area (Å²) in [5, 5.41) is 2.33. The summed E-state index contributed by atoms with van der Waals surface area (Å²) in [6.45, 7) is 0. The molecule has 2 aromatic carbocycles. The number of hydrogen-bond donors (Lipinski definition) is 0. The Bertz CT molecular complexity index is 616. The fraction of sp³-hybridized carbons (Fsp3) is 0.353. The van der Waals surface area contributed by atoms with E-state index < -0.39 is 0 Å². The van der Waals surface area contributed by atoms with Gasteiger partial charge in [0, 0.05) is 17.9 Å². The number of Topliss-reactive ketones (excluding diaryl/α,β-unsaturated/α-hetero) is 1. The van der Waals surface area contributed by atoms with Crippen LogP contribution in [0.15, 0.2) is 36.4 Å². The first-order valence-corrected chi connectivity index (χ1v) is 6.89. The van der Waals surface area contributed by atoms with E-state index in [0.717, 1.165) is 36.0 Å². The van der Waals surface area contributed by atoms with Gasteiger partial charge in [-0.05, 0) is 29.7 Å². The molecule has 1 saturated carbocycles. The summed E-state index contributed by atoms with van der Waals surface area (Å²) in [6, 6.07) is 12.3. The highest BCUT2D eigenvalue weighted by Gasteiger charge is 2.27. The predicted molar refractivity (Wildman–Crippen MR) is 76.7 cm³/mol. The molecule has 1 unspecified atom stereocenters. The maximum absolute atomic E-state index is 12.3. The molecule has 2 heteroatoms. The van der Waals surface area contributed by atoms with Crippen LogP contribution in [0, 0.1) is 0 Å². The smallest absolute Gasteiger partial charge is 0.140 e. The molecule has 0 N–H and O–H groups in total. The van der Waals surface area contributed by atoms with E-state index in [-0.39, 0.29) is 5.92 Å². The quantitative estimate of drug-likeness (QED) is 0.807. The number of benzene rings is 2. The average Bonchev–Trinajstić information content (AvgIpc) is 2.47. The van der Waals surface area contributed by atoms with Gasteiger partial charge in [0.2, 0.25) is 0 Å². The van der Waals surface area contributed by atoms with Crippen molar-refractivity contribution < 1.29 is 9.53 Å². The molecule has 0 spiro atoms. The van der Waals surface area contributed by atoms with Crippen molar-refractivity contribution in [3.05, 3.63) is 42.0 Å². The summed E-state index contributed by atoms with van der Waals surface area (Å²) in [4.78, 5) is 12.3. The molecule has 0 heterocycles. The van der Waals surface area contributed by atoms with E-state index in [1.165, 1.54) is 5.39 Å². The summed E-state index contributed by atoms with van der Waals surface area (Å²) in [6.07, 6.45) is 3.81. The van der Waals surface area contributed by atoms with Gasteiger partial charge in [0.1, 0.15) is 11.5 Å². The molecule has 1 atom stereocenters. The minimum absolute atomic E-state index is 0.00907. The monoisotopic (exact) mass is 254 g/mol. The van der Waals surface area contributed by atoms with Crippen LogP contribution >= 0.6 is 0 Å². The number of hydrogen-bond acceptors (Lipinski definition) is 2. The third-order valence-corrected chi connectivity index (χ3v) is 4.05. The fourth-order valence-corrected chi connectivity index (χ4v) is 3.10. The van der Waals surface area contributed by atoms with Crippen molar-refractivity contribution in [3.63, 3.8) is 0 Å². The molecular formula is C17H18O2. The van der Waals surface area contributed by atoms with Gasteiger partial charge in [-0.15, -0.1) is 0 Å². The van der Waals surface area contributed by atoms with E-state index in [1.54, 1.807) is 7.11 Å². The Morgan fingerprint density at radius 2 is 1.95 bits per heavy atom. The van der Waals surface area contributed by atoms with Crippen LogP contribution in [0.25, 0.3) is 10.8 Å². The molecule has 0 amide bonds. The Morgan fingerprint density at radius 3 is 2.74 bits per heavy atom. The molecule has 1 aliphatic carbocycles. The molecule has 0 bridgehead atoms. The summed E-state index contributed by atoms with van der Waals surface area (Å²) >= 11 is 0. The molecule has 1 fully saturated rings. The van der Waals surface area contributed by atoms with Crippen molar-refractivity contribution in [1.29, 1.82) is 0 Å². The molecule has 19 heavy (non-hydrogen) atoms. The molecule has 0 aromatic heterocycles. The molecule has 98 valence electrons. The zero-order chi connectivity index (χ0) is 13.2. The molecule has 0 saturated heterocycles. The van der Waals surface area contributed by atoms with E-state index in [9.17, 15) is 4.79 Å². The third kappa shape index (κ3) is 2.12. The Kier molecular flexibility index (Phi) is 3.24. The minimum atomic E-state index is 0.00907. The highest BCUT2D eigenvalue weighted by atomic mass is 16.5. The van der Waals surface area contributed by atoms with Gasteiger partial charge in [-0.3, -0.25) is 4.79 Å². The Morgan fingerprint density at radius 1 is 1.11 bits per heavy atom. The molecule has 1 aliphatic rings. The Balaban J connectivity index is 2.21. The van der Waals surface area contributed by atoms with Gasteiger partial charge in [0.15, 0.2) is 0 Å². The second kappa shape index (κ2) is 5.04. The first kappa shape index (κ1) is 12.2. The van der Waals surface area contributed by atoms with Gasteiger partial charge in [-0.2, -0.15) is 0 Å². The lowest BCUT2D eigenvalue weighted by Crippen LogP contribution is -2.18. The summed E-state index contributed by atoms with van der Waals surface area (Å²) in [5.74, 6) is 1.22. The van der Waals surface area contributed by atoms with E-state index in [4.69, 9.17) is 4.74 Å². The van der Waals surface area contributed by atoms with E-state index in [1.807, 2.05) is 18.2 Å². The van der Waals surface area contributed by atoms with Crippen molar-refractivity contribution >= 4 is 16.6 Å². The van der Waals surface area contributed by atoms with Crippen LogP contribution in [0.4, 0.5) is 0 Å². The van der Waals surface area contributed by atoms with E-state index in [0.29, 0.717) is 12.2 Å². The molecule has 0 radical (unpaired) electrons. The fourth-order valence-electron chi connectivity index (χ4n) is 3.10. The molecular weight excluding hydrogens is 236 g/mol. The number of rotatable bonds is 2. The number of fused-ring (bicyclic) bond motifs is 1. The first-order valence-electron chi connectivity index (χ1n) is 6.89. The SMILES string of the molecule is COc1ccc2ccccc2c1C1CCCCC1=O. The van der Waals surface area contributed by atoms with Gasteiger partial charge in [-0.1, -0.05) is 36.8 Å². The van der Waals surface area contributed by atoms with Crippen molar-refractivity contribution in [2.45, 2.75) is 31.6 Å². The van der Waals surface area contributed by atoms with Gasteiger partial charge >= 0.3 is 0 Å². The van der Waals surface area contributed by atoms with Crippen LogP contribution in [0.3, 0.4) is 0 Å².